The van der Waals surface area contributed by atoms with Crippen LogP contribution < -0.4 is 10.6 Å². The fraction of sp³-hybridized carbons (Fsp3) is 0.857. The highest BCUT2D eigenvalue weighted by Gasteiger charge is 2.41. The zero-order valence-electron chi connectivity index (χ0n) is 12.6. The number of aliphatic carboxylic acids is 1. The maximum absolute atomic E-state index is 11.7. The molecule has 0 aromatic heterocycles. The Hall–Kier alpha value is -1.30. The summed E-state index contributed by atoms with van der Waals surface area (Å²) in [6.07, 6.45) is 3.17. The molecule has 0 spiro atoms. The van der Waals surface area contributed by atoms with Crippen LogP contribution in [0.1, 0.15) is 39.5 Å². The van der Waals surface area contributed by atoms with E-state index in [2.05, 4.69) is 29.4 Å². The second-order valence-electron chi connectivity index (χ2n) is 5.43. The van der Waals surface area contributed by atoms with E-state index in [4.69, 9.17) is 0 Å². The number of carboxylic acid groups (broad SMARTS) is 1. The van der Waals surface area contributed by atoms with Gasteiger partial charge in [0, 0.05) is 19.6 Å². The Balaban J connectivity index is 2.27. The van der Waals surface area contributed by atoms with Crippen molar-refractivity contribution in [1.82, 2.24) is 15.5 Å². The molecule has 0 bridgehead atoms. The van der Waals surface area contributed by atoms with Crippen molar-refractivity contribution in [1.29, 1.82) is 0 Å². The van der Waals surface area contributed by atoms with Gasteiger partial charge >= 0.3 is 12.0 Å². The van der Waals surface area contributed by atoms with Gasteiger partial charge < -0.3 is 20.6 Å². The molecule has 0 heterocycles. The molecule has 6 nitrogen and oxygen atoms in total. The minimum absolute atomic E-state index is 0.222. The number of carbonyl (C=O) groups excluding carboxylic acids is 1. The minimum Gasteiger partial charge on any atom is -0.481 e. The van der Waals surface area contributed by atoms with Crippen LogP contribution in [0.2, 0.25) is 0 Å². The molecule has 1 saturated carbocycles. The van der Waals surface area contributed by atoms with Crippen LogP contribution >= 0.6 is 0 Å². The van der Waals surface area contributed by atoms with E-state index in [0.29, 0.717) is 19.4 Å². The molecule has 3 N–H and O–H groups in total. The number of likely N-dealkylation sites (N-methyl/N-ethyl adjacent to an activating group) is 1. The van der Waals surface area contributed by atoms with Crippen molar-refractivity contribution in [3.05, 3.63) is 0 Å². The average Bonchev–Trinajstić information content (AvgIpc) is 2.91. The molecule has 0 radical (unpaired) electrons. The van der Waals surface area contributed by atoms with Crippen LogP contribution in [-0.4, -0.2) is 54.7 Å². The second kappa shape index (κ2) is 8.09. The molecule has 1 rings (SSSR count). The number of urea groups is 1. The average molecular weight is 285 g/mol. The van der Waals surface area contributed by atoms with Gasteiger partial charge in [-0.3, -0.25) is 4.79 Å². The monoisotopic (exact) mass is 285 g/mol. The molecule has 0 aromatic rings. The Bertz CT molecular complexity index is 324. The number of hydrogen-bond donors (Lipinski definition) is 3. The van der Waals surface area contributed by atoms with Crippen LogP contribution in [0.4, 0.5) is 4.79 Å². The number of carbonyl (C=O) groups is 2. The number of amides is 2. The van der Waals surface area contributed by atoms with Crippen LogP contribution in [0, 0.1) is 5.41 Å². The number of nitrogens with one attached hydrogen (secondary N) is 2. The van der Waals surface area contributed by atoms with E-state index in [1.54, 1.807) is 0 Å². The molecule has 2 amide bonds. The SMILES string of the molecule is CCN(CC)CCNC(=O)NCC1(C(=O)O)CCCC1. The highest BCUT2D eigenvalue weighted by molar-refractivity contribution is 5.78. The smallest absolute Gasteiger partial charge is 0.314 e. The summed E-state index contributed by atoms with van der Waals surface area (Å²) in [6.45, 7) is 7.70. The zero-order valence-corrected chi connectivity index (χ0v) is 12.6. The molecule has 20 heavy (non-hydrogen) atoms. The topological polar surface area (TPSA) is 81.7 Å². The first-order valence-corrected chi connectivity index (χ1v) is 7.51. The molecular formula is C14H27N3O3. The first-order valence-electron chi connectivity index (χ1n) is 7.51. The molecule has 0 atom stereocenters. The van der Waals surface area contributed by atoms with Crippen molar-refractivity contribution in [2.24, 2.45) is 5.41 Å². The van der Waals surface area contributed by atoms with Crippen LogP contribution in [0.25, 0.3) is 0 Å². The summed E-state index contributed by atoms with van der Waals surface area (Å²) in [4.78, 5) is 25.2. The van der Waals surface area contributed by atoms with Gasteiger partial charge in [-0.1, -0.05) is 26.7 Å². The van der Waals surface area contributed by atoms with Crippen molar-refractivity contribution in [3.8, 4) is 0 Å². The third kappa shape index (κ3) is 4.67. The van der Waals surface area contributed by atoms with Crippen molar-refractivity contribution in [2.75, 3.05) is 32.7 Å². The molecular weight excluding hydrogens is 258 g/mol. The molecule has 1 aliphatic carbocycles. The van der Waals surface area contributed by atoms with Gasteiger partial charge in [0.15, 0.2) is 0 Å². The quantitative estimate of drug-likeness (QED) is 0.627. The highest BCUT2D eigenvalue weighted by atomic mass is 16.4. The zero-order chi connectivity index (χ0) is 15.0. The number of hydrogen-bond acceptors (Lipinski definition) is 3. The van der Waals surface area contributed by atoms with E-state index in [1.165, 1.54) is 0 Å². The summed E-state index contributed by atoms with van der Waals surface area (Å²) >= 11 is 0. The number of nitrogens with zero attached hydrogens (tertiary/aromatic N) is 1. The molecule has 0 aromatic carbocycles. The predicted octanol–water partition coefficient (Wildman–Crippen LogP) is 1.27. The maximum atomic E-state index is 11.7. The Morgan fingerprint density at radius 2 is 1.75 bits per heavy atom. The van der Waals surface area contributed by atoms with Gasteiger partial charge in [0.25, 0.3) is 0 Å². The van der Waals surface area contributed by atoms with Crippen molar-refractivity contribution < 1.29 is 14.7 Å². The highest BCUT2D eigenvalue weighted by Crippen LogP contribution is 2.37. The number of carboxylic acids is 1. The van der Waals surface area contributed by atoms with Gasteiger partial charge in [-0.2, -0.15) is 0 Å². The first-order chi connectivity index (χ1) is 9.54. The first kappa shape index (κ1) is 16.8. The van der Waals surface area contributed by atoms with E-state index >= 15 is 0 Å². The van der Waals surface area contributed by atoms with Crippen LogP contribution in [0.15, 0.2) is 0 Å². The predicted molar refractivity (Wildman–Crippen MR) is 77.7 cm³/mol. The van der Waals surface area contributed by atoms with Crippen LogP contribution in [-0.2, 0) is 4.79 Å². The van der Waals surface area contributed by atoms with Gasteiger partial charge in [-0.25, -0.2) is 4.79 Å². The number of rotatable bonds is 8. The second-order valence-corrected chi connectivity index (χ2v) is 5.43. The summed E-state index contributed by atoms with van der Waals surface area (Å²) in [7, 11) is 0. The molecule has 0 saturated heterocycles. The van der Waals surface area contributed by atoms with Crippen molar-refractivity contribution in [2.45, 2.75) is 39.5 Å². The van der Waals surface area contributed by atoms with Gasteiger partial charge in [0.05, 0.1) is 5.41 Å². The van der Waals surface area contributed by atoms with Crippen LogP contribution in [0.3, 0.4) is 0 Å². The van der Waals surface area contributed by atoms with Crippen LogP contribution in [0.5, 0.6) is 0 Å². The molecule has 0 aliphatic heterocycles. The fourth-order valence-corrected chi connectivity index (χ4v) is 2.70. The maximum Gasteiger partial charge on any atom is 0.314 e. The minimum atomic E-state index is -0.793. The standard InChI is InChI=1S/C14H27N3O3/c1-3-17(4-2)10-9-15-13(20)16-11-14(12(18)19)7-5-6-8-14/h3-11H2,1-2H3,(H,18,19)(H2,15,16,20). The van der Waals surface area contributed by atoms with Gasteiger partial charge in [-0.15, -0.1) is 0 Å². The molecule has 6 heteroatoms. The van der Waals surface area contributed by atoms with Gasteiger partial charge in [-0.05, 0) is 25.9 Å². The Kier molecular flexibility index (Phi) is 6.78. The van der Waals surface area contributed by atoms with Crippen molar-refractivity contribution in [3.63, 3.8) is 0 Å². The van der Waals surface area contributed by atoms with E-state index in [1.807, 2.05) is 0 Å². The summed E-state index contributed by atoms with van der Waals surface area (Å²) in [5.74, 6) is -0.793. The van der Waals surface area contributed by atoms with E-state index < -0.39 is 11.4 Å². The van der Waals surface area contributed by atoms with E-state index in [0.717, 1.165) is 32.5 Å². The van der Waals surface area contributed by atoms with Gasteiger partial charge in [0.2, 0.25) is 0 Å². The Labute approximate surface area is 120 Å². The molecule has 1 fully saturated rings. The summed E-state index contributed by atoms with van der Waals surface area (Å²) < 4.78 is 0. The Morgan fingerprint density at radius 1 is 1.15 bits per heavy atom. The van der Waals surface area contributed by atoms with E-state index in [-0.39, 0.29) is 12.6 Å². The van der Waals surface area contributed by atoms with Crippen molar-refractivity contribution >= 4 is 12.0 Å². The largest absolute Gasteiger partial charge is 0.481 e. The lowest BCUT2D eigenvalue weighted by Crippen LogP contribution is -2.46. The Morgan fingerprint density at radius 3 is 2.25 bits per heavy atom. The lowest BCUT2D eigenvalue weighted by atomic mass is 9.86. The molecule has 116 valence electrons. The third-order valence-corrected chi connectivity index (χ3v) is 4.21. The fourth-order valence-electron chi connectivity index (χ4n) is 2.70. The lowest BCUT2D eigenvalue weighted by molar-refractivity contribution is -0.148. The summed E-state index contributed by atoms with van der Waals surface area (Å²) in [5.41, 5.74) is -0.754. The van der Waals surface area contributed by atoms with Gasteiger partial charge in [0.1, 0.15) is 0 Å². The lowest BCUT2D eigenvalue weighted by Gasteiger charge is -2.24. The normalized spacial score (nSPS) is 17.1. The summed E-state index contributed by atoms with van der Waals surface area (Å²) in [6, 6.07) is -0.273. The molecule has 1 aliphatic rings. The third-order valence-electron chi connectivity index (χ3n) is 4.21. The van der Waals surface area contributed by atoms with E-state index in [9.17, 15) is 14.7 Å². The summed E-state index contributed by atoms with van der Waals surface area (Å²) in [5, 5.41) is 14.8. The molecule has 0 unspecified atom stereocenters.